The zero-order valence-electron chi connectivity index (χ0n) is 13.1. The van der Waals surface area contributed by atoms with Crippen molar-refractivity contribution in [1.82, 2.24) is 0 Å². The monoisotopic (exact) mass is 363 g/mol. The Labute approximate surface area is 147 Å². The average molecular weight is 363 g/mol. The molecule has 0 rings (SSSR count). The van der Waals surface area contributed by atoms with Crippen LogP contribution in [0.3, 0.4) is 0 Å². The zero-order valence-corrected chi connectivity index (χ0v) is 15.9. The van der Waals surface area contributed by atoms with Gasteiger partial charge in [0, 0.05) is 39.6 Å². The topological polar surface area (TPSA) is 61.8 Å². The molecule has 0 saturated carbocycles. The van der Waals surface area contributed by atoms with E-state index in [4.69, 9.17) is 14.2 Å². The van der Waals surface area contributed by atoms with E-state index >= 15 is 0 Å². The maximum atomic E-state index is 11.5. The van der Waals surface area contributed by atoms with Gasteiger partial charge in [-0.2, -0.15) is 0 Å². The summed E-state index contributed by atoms with van der Waals surface area (Å²) in [5.74, 6) is -2.26. The van der Waals surface area contributed by atoms with Crippen LogP contribution in [0.15, 0.2) is 0 Å². The predicted molar refractivity (Wildman–Crippen MR) is 71.5 cm³/mol. The molecule has 0 atom stereocenters. The number of Topliss-reactive ketones (excluding diaryl/α,β-unsaturated/α-hetero) is 1. The van der Waals surface area contributed by atoms with E-state index in [0.29, 0.717) is 13.2 Å². The predicted octanol–water partition coefficient (Wildman–Crippen LogP) is 2.81. The number of carbonyl (C=O) groups is 2. The van der Waals surface area contributed by atoms with E-state index in [0.717, 1.165) is 25.7 Å². The quantitative estimate of drug-likeness (QED) is 0.245. The number of hydrogen-bond acceptors (Lipinski definition) is 5. The number of hydrogen-bond donors (Lipinski definition) is 0. The second-order valence-electron chi connectivity index (χ2n) is 4.62. The Morgan fingerprint density at radius 1 is 1.00 bits per heavy atom. The third-order valence-electron chi connectivity index (χ3n) is 2.42. The largest absolute Gasteiger partial charge is 0.408 e. The van der Waals surface area contributed by atoms with Gasteiger partial charge in [-0.15, -0.1) is 0 Å². The molecule has 0 aliphatic carbocycles. The van der Waals surface area contributed by atoms with E-state index in [1.165, 1.54) is 6.92 Å². The first kappa shape index (κ1) is 22.4. The SMILES string of the molecule is CCCCOC(C)(OCCCC)OC(=O)CC(C)=O.[Y]. The van der Waals surface area contributed by atoms with E-state index in [9.17, 15) is 9.59 Å². The summed E-state index contributed by atoms with van der Waals surface area (Å²) in [5, 5.41) is 0. The fourth-order valence-corrected chi connectivity index (χ4v) is 1.35. The van der Waals surface area contributed by atoms with Gasteiger partial charge in [-0.3, -0.25) is 9.59 Å². The molecule has 6 heteroatoms. The summed E-state index contributed by atoms with van der Waals surface area (Å²) in [4.78, 5) is 22.4. The van der Waals surface area contributed by atoms with Crippen molar-refractivity contribution in [2.24, 2.45) is 0 Å². The van der Waals surface area contributed by atoms with Gasteiger partial charge in [-0.25, -0.2) is 0 Å². The molecule has 0 aromatic carbocycles. The van der Waals surface area contributed by atoms with Crippen molar-refractivity contribution in [3.8, 4) is 0 Å². The number of unbranched alkanes of at least 4 members (excludes halogenated alkanes) is 2. The van der Waals surface area contributed by atoms with Crippen molar-refractivity contribution in [3.05, 3.63) is 0 Å². The minimum Gasteiger partial charge on any atom is -0.408 e. The molecule has 0 amide bonds. The van der Waals surface area contributed by atoms with Crippen molar-refractivity contribution in [3.63, 3.8) is 0 Å². The van der Waals surface area contributed by atoms with Crippen LogP contribution in [-0.2, 0) is 56.5 Å². The van der Waals surface area contributed by atoms with E-state index in [-0.39, 0.29) is 44.9 Å². The third-order valence-corrected chi connectivity index (χ3v) is 2.42. The van der Waals surface area contributed by atoms with Crippen molar-refractivity contribution < 1.29 is 56.5 Å². The maximum absolute atomic E-state index is 11.5. The van der Waals surface area contributed by atoms with Crippen LogP contribution in [0, 0.1) is 0 Å². The Hall–Kier alpha value is 0.164. The fraction of sp³-hybridized carbons (Fsp3) is 0.857. The standard InChI is InChI=1S/C14H26O5.Y/c1-5-7-9-17-14(4,18-10-8-6-2)19-13(16)11-12(3)15;/h5-11H2,1-4H3;. The Bertz CT molecular complexity index is 271. The average Bonchev–Trinajstić information content (AvgIpc) is 2.28. The summed E-state index contributed by atoms with van der Waals surface area (Å²) >= 11 is 0. The van der Waals surface area contributed by atoms with Crippen LogP contribution in [0.25, 0.3) is 0 Å². The first-order valence-corrected chi connectivity index (χ1v) is 6.92. The molecule has 0 heterocycles. The van der Waals surface area contributed by atoms with Crippen LogP contribution in [0.2, 0.25) is 0 Å². The Kier molecular flexibility index (Phi) is 14.4. The number of rotatable bonds is 11. The molecule has 0 bridgehead atoms. The van der Waals surface area contributed by atoms with Crippen LogP contribution in [0.5, 0.6) is 0 Å². The molecular weight excluding hydrogens is 337 g/mol. The van der Waals surface area contributed by atoms with Crippen LogP contribution < -0.4 is 0 Å². The summed E-state index contributed by atoms with van der Waals surface area (Å²) in [6.45, 7) is 7.89. The Morgan fingerprint density at radius 3 is 1.80 bits per heavy atom. The molecule has 115 valence electrons. The molecule has 0 aromatic rings. The van der Waals surface area contributed by atoms with Gasteiger partial charge >= 0.3 is 11.9 Å². The van der Waals surface area contributed by atoms with Crippen LogP contribution in [-0.4, -0.2) is 30.9 Å². The number of esters is 1. The first-order chi connectivity index (χ1) is 8.93. The Morgan fingerprint density at radius 2 is 1.45 bits per heavy atom. The van der Waals surface area contributed by atoms with Crippen LogP contribution in [0.1, 0.15) is 59.8 Å². The first-order valence-electron chi connectivity index (χ1n) is 6.92. The van der Waals surface area contributed by atoms with Crippen LogP contribution >= 0.6 is 0 Å². The molecule has 1 radical (unpaired) electrons. The van der Waals surface area contributed by atoms with Gasteiger partial charge in [0.2, 0.25) is 0 Å². The zero-order chi connectivity index (χ0) is 14.7. The molecule has 0 aliphatic heterocycles. The van der Waals surface area contributed by atoms with E-state index in [2.05, 4.69) is 0 Å². The molecule has 20 heavy (non-hydrogen) atoms. The molecule has 0 spiro atoms. The third kappa shape index (κ3) is 11.9. The normalized spacial score (nSPS) is 10.8. The summed E-state index contributed by atoms with van der Waals surface area (Å²) in [6, 6.07) is 0. The van der Waals surface area contributed by atoms with Gasteiger partial charge in [-0.05, 0) is 19.8 Å². The van der Waals surface area contributed by atoms with Crippen molar-refractivity contribution in [2.45, 2.75) is 65.8 Å². The summed E-state index contributed by atoms with van der Waals surface area (Å²) in [7, 11) is 0. The molecule has 0 fully saturated rings. The van der Waals surface area contributed by atoms with Crippen LogP contribution in [0.4, 0.5) is 0 Å². The number of ether oxygens (including phenoxy) is 3. The fourth-order valence-electron chi connectivity index (χ4n) is 1.35. The number of ketones is 1. The van der Waals surface area contributed by atoms with Gasteiger partial charge in [0.25, 0.3) is 0 Å². The summed E-state index contributed by atoms with van der Waals surface area (Å²) in [5.41, 5.74) is 0. The maximum Gasteiger partial charge on any atom is 0.326 e. The molecule has 0 aromatic heterocycles. The van der Waals surface area contributed by atoms with Gasteiger partial charge in [0.05, 0.1) is 13.2 Å². The molecular formula is C14H26O5Y. The van der Waals surface area contributed by atoms with E-state index < -0.39 is 11.9 Å². The van der Waals surface area contributed by atoms with E-state index in [1.54, 1.807) is 6.92 Å². The minimum atomic E-state index is -1.39. The second kappa shape index (κ2) is 12.9. The second-order valence-corrected chi connectivity index (χ2v) is 4.62. The Balaban J connectivity index is 0. The van der Waals surface area contributed by atoms with Gasteiger partial charge in [0.15, 0.2) is 0 Å². The molecule has 0 unspecified atom stereocenters. The summed E-state index contributed by atoms with van der Waals surface area (Å²) < 4.78 is 16.1. The molecule has 0 N–H and O–H groups in total. The smallest absolute Gasteiger partial charge is 0.326 e. The minimum absolute atomic E-state index is 0. The number of carbonyl (C=O) groups excluding carboxylic acids is 2. The van der Waals surface area contributed by atoms with Gasteiger partial charge in [0.1, 0.15) is 12.2 Å². The summed E-state index contributed by atoms with van der Waals surface area (Å²) in [6.07, 6.45) is 3.41. The van der Waals surface area contributed by atoms with E-state index in [1.807, 2.05) is 13.8 Å². The van der Waals surface area contributed by atoms with Crippen molar-refractivity contribution in [1.29, 1.82) is 0 Å². The molecule has 0 aliphatic rings. The van der Waals surface area contributed by atoms with Gasteiger partial charge in [-0.1, -0.05) is 26.7 Å². The van der Waals surface area contributed by atoms with Crippen molar-refractivity contribution >= 4 is 11.8 Å². The van der Waals surface area contributed by atoms with Crippen molar-refractivity contribution in [2.75, 3.05) is 13.2 Å². The molecule has 5 nitrogen and oxygen atoms in total. The van der Waals surface area contributed by atoms with Gasteiger partial charge < -0.3 is 14.2 Å². The molecule has 0 saturated heterocycles.